The van der Waals surface area contributed by atoms with Gasteiger partial charge < -0.3 is 15.2 Å². The van der Waals surface area contributed by atoms with Crippen molar-refractivity contribution in [2.24, 2.45) is 5.92 Å². The Morgan fingerprint density at radius 3 is 2.43 bits per heavy atom. The van der Waals surface area contributed by atoms with Gasteiger partial charge in [0.2, 0.25) is 0 Å². The Labute approximate surface area is 174 Å². The number of amides is 1. The number of ether oxygens (including phenoxy) is 1. The maximum Gasteiger partial charge on any atom is 0.257 e. The molecule has 0 aliphatic heterocycles. The van der Waals surface area contributed by atoms with Gasteiger partial charge in [-0.2, -0.15) is 0 Å². The van der Waals surface area contributed by atoms with Crippen LogP contribution in [0.3, 0.4) is 0 Å². The lowest BCUT2D eigenvalue weighted by Crippen LogP contribution is -2.30. The lowest BCUT2D eigenvalue weighted by Gasteiger charge is -2.13. The van der Waals surface area contributed by atoms with Crippen LogP contribution in [0, 0.1) is 5.92 Å². The van der Waals surface area contributed by atoms with Crippen LogP contribution in [0.1, 0.15) is 36.2 Å². The van der Waals surface area contributed by atoms with Crippen LogP contribution in [-0.2, 0) is 11.2 Å². The predicted octanol–water partition coefficient (Wildman–Crippen LogP) is 4.67. The summed E-state index contributed by atoms with van der Waals surface area (Å²) in [4.78, 5) is 24.3. The van der Waals surface area contributed by atoms with Crippen molar-refractivity contribution < 1.29 is 19.4 Å². The van der Waals surface area contributed by atoms with Crippen LogP contribution in [0.25, 0.3) is 0 Å². The van der Waals surface area contributed by atoms with E-state index in [0.29, 0.717) is 24.9 Å². The molecule has 0 aliphatic carbocycles. The number of ketones is 1. The zero-order valence-corrected chi connectivity index (χ0v) is 17.3. The third kappa shape index (κ3) is 5.88. The number of nitrogens with one attached hydrogen (secondary N) is 1. The van der Waals surface area contributed by atoms with Crippen molar-refractivity contribution in [1.29, 1.82) is 0 Å². The van der Waals surface area contributed by atoms with E-state index in [1.165, 1.54) is 0 Å². The van der Waals surface area contributed by atoms with E-state index < -0.39 is 0 Å². The van der Waals surface area contributed by atoms with Gasteiger partial charge in [-0.3, -0.25) is 9.59 Å². The molecule has 1 amide bonds. The number of carbonyl (C=O) groups is 2. The number of phenols is 1. The van der Waals surface area contributed by atoms with Crippen molar-refractivity contribution in [2.45, 2.75) is 26.7 Å². The minimum atomic E-state index is -0.300. The van der Waals surface area contributed by atoms with E-state index in [-0.39, 0.29) is 45.8 Å². The molecule has 7 heteroatoms. The second-order valence-electron chi connectivity index (χ2n) is 6.47. The van der Waals surface area contributed by atoms with Gasteiger partial charge in [0.15, 0.2) is 12.4 Å². The molecule has 0 heterocycles. The molecule has 0 bridgehead atoms. The lowest BCUT2D eigenvalue weighted by atomic mass is 9.97. The molecule has 150 valence electrons. The maximum absolute atomic E-state index is 12.3. The fraction of sp³-hybridized carbons (Fsp3) is 0.333. The van der Waals surface area contributed by atoms with E-state index >= 15 is 0 Å². The van der Waals surface area contributed by atoms with Gasteiger partial charge in [-0.15, -0.1) is 0 Å². The van der Waals surface area contributed by atoms with Gasteiger partial charge >= 0.3 is 0 Å². The molecule has 0 fully saturated rings. The minimum absolute atomic E-state index is 0.0760. The number of hydrogen-bond acceptors (Lipinski definition) is 4. The summed E-state index contributed by atoms with van der Waals surface area (Å²) in [5.41, 5.74) is 1.35. The zero-order chi connectivity index (χ0) is 20.7. The second kappa shape index (κ2) is 10.3. The lowest BCUT2D eigenvalue weighted by molar-refractivity contribution is -0.123. The average Bonchev–Trinajstić information content (AvgIpc) is 2.69. The number of aromatic hydroxyl groups is 1. The van der Waals surface area contributed by atoms with Crippen LogP contribution in [0.5, 0.6) is 11.5 Å². The molecular formula is C21H23Cl2NO4. The number of hydrogen-bond donors (Lipinski definition) is 2. The summed E-state index contributed by atoms with van der Waals surface area (Å²) in [6.45, 7) is 3.98. The maximum atomic E-state index is 12.3. The molecule has 0 saturated heterocycles. The number of carbonyl (C=O) groups excluding carboxylic acids is 2. The van der Waals surface area contributed by atoms with Crippen LogP contribution < -0.4 is 10.1 Å². The van der Waals surface area contributed by atoms with Gasteiger partial charge in [0.25, 0.3) is 5.91 Å². The molecule has 28 heavy (non-hydrogen) atoms. The minimum Gasteiger partial charge on any atom is -0.508 e. The normalized spacial score (nSPS) is 11.7. The first-order chi connectivity index (χ1) is 13.3. The van der Waals surface area contributed by atoms with Gasteiger partial charge in [-0.1, -0.05) is 49.2 Å². The van der Waals surface area contributed by atoms with Crippen molar-refractivity contribution in [1.82, 2.24) is 5.32 Å². The molecule has 5 nitrogen and oxygen atoms in total. The van der Waals surface area contributed by atoms with E-state index in [4.69, 9.17) is 27.9 Å². The number of Topliss-reactive ketones (excluding diaryl/α,β-unsaturated/α-hetero) is 1. The summed E-state index contributed by atoms with van der Waals surface area (Å²) in [5, 5.41) is 12.3. The average molecular weight is 424 g/mol. The summed E-state index contributed by atoms with van der Waals surface area (Å²) in [6, 6.07) is 9.90. The molecule has 1 unspecified atom stereocenters. The molecule has 0 saturated carbocycles. The van der Waals surface area contributed by atoms with Crippen molar-refractivity contribution in [3.8, 4) is 11.5 Å². The largest absolute Gasteiger partial charge is 0.508 e. The first kappa shape index (κ1) is 22.1. The standard InChI is InChI=1S/C21H23Cl2NO4/c1-3-13(2)21(27)16-8-9-17(20(23)19(16)22)28-12-18(26)24-11-10-14-4-6-15(25)7-5-14/h4-9,13,25H,3,10-12H2,1-2H3,(H,24,26). The van der Waals surface area contributed by atoms with E-state index in [1.807, 2.05) is 13.8 Å². The molecular weight excluding hydrogens is 401 g/mol. The van der Waals surface area contributed by atoms with Crippen molar-refractivity contribution >= 4 is 34.9 Å². The molecule has 2 aromatic rings. The van der Waals surface area contributed by atoms with Gasteiger partial charge in [-0.25, -0.2) is 0 Å². The number of rotatable bonds is 9. The highest BCUT2D eigenvalue weighted by Gasteiger charge is 2.20. The Morgan fingerprint density at radius 2 is 1.79 bits per heavy atom. The summed E-state index contributed by atoms with van der Waals surface area (Å²) in [6.07, 6.45) is 1.33. The molecule has 0 radical (unpaired) electrons. The molecule has 2 rings (SSSR count). The van der Waals surface area contributed by atoms with Crippen LogP contribution in [0.15, 0.2) is 36.4 Å². The second-order valence-corrected chi connectivity index (χ2v) is 7.22. The monoisotopic (exact) mass is 423 g/mol. The molecule has 2 aromatic carbocycles. The predicted molar refractivity (Wildman–Crippen MR) is 111 cm³/mol. The van der Waals surface area contributed by atoms with Crippen LogP contribution in [-0.4, -0.2) is 29.9 Å². The molecule has 0 aromatic heterocycles. The van der Waals surface area contributed by atoms with E-state index in [1.54, 1.807) is 36.4 Å². The SMILES string of the molecule is CCC(C)C(=O)c1ccc(OCC(=O)NCCc2ccc(O)cc2)c(Cl)c1Cl. The molecule has 2 N–H and O–H groups in total. The smallest absolute Gasteiger partial charge is 0.257 e. The highest BCUT2D eigenvalue weighted by Crippen LogP contribution is 2.35. The summed E-state index contributed by atoms with van der Waals surface area (Å²) < 4.78 is 5.45. The van der Waals surface area contributed by atoms with E-state index in [2.05, 4.69) is 5.32 Å². The highest BCUT2D eigenvalue weighted by molar-refractivity contribution is 6.44. The Hall–Kier alpha value is -2.24. The zero-order valence-electron chi connectivity index (χ0n) is 15.8. The summed E-state index contributed by atoms with van der Waals surface area (Å²) in [5.74, 6) is -0.0759. The number of phenolic OH excluding ortho intramolecular Hbond substituents is 1. The summed E-state index contributed by atoms with van der Waals surface area (Å²) in [7, 11) is 0. The fourth-order valence-electron chi connectivity index (χ4n) is 2.49. The van der Waals surface area contributed by atoms with Gasteiger partial charge in [0.05, 0.1) is 5.02 Å². The third-order valence-electron chi connectivity index (χ3n) is 4.40. The van der Waals surface area contributed by atoms with Crippen molar-refractivity contribution in [3.63, 3.8) is 0 Å². The van der Waals surface area contributed by atoms with E-state index in [9.17, 15) is 14.7 Å². The highest BCUT2D eigenvalue weighted by atomic mass is 35.5. The van der Waals surface area contributed by atoms with Crippen LogP contribution in [0.2, 0.25) is 10.0 Å². The summed E-state index contributed by atoms with van der Waals surface area (Å²) >= 11 is 12.4. The van der Waals surface area contributed by atoms with Gasteiger partial charge in [-0.05, 0) is 42.7 Å². The van der Waals surface area contributed by atoms with Crippen LogP contribution >= 0.6 is 23.2 Å². The van der Waals surface area contributed by atoms with Crippen molar-refractivity contribution in [2.75, 3.05) is 13.2 Å². The topological polar surface area (TPSA) is 75.6 Å². The van der Waals surface area contributed by atoms with Crippen LogP contribution in [0.4, 0.5) is 0 Å². The van der Waals surface area contributed by atoms with Gasteiger partial charge in [0, 0.05) is 18.0 Å². The fourth-order valence-corrected chi connectivity index (χ4v) is 2.96. The van der Waals surface area contributed by atoms with E-state index in [0.717, 1.165) is 5.56 Å². The molecule has 0 spiro atoms. The Balaban J connectivity index is 1.87. The number of halogens is 2. The van der Waals surface area contributed by atoms with Crippen molar-refractivity contribution in [3.05, 3.63) is 57.6 Å². The first-order valence-corrected chi connectivity index (χ1v) is 9.78. The van der Waals surface area contributed by atoms with Gasteiger partial charge in [0.1, 0.15) is 16.5 Å². The molecule has 0 aliphatic rings. The Bertz CT molecular complexity index is 837. The Morgan fingerprint density at radius 1 is 1.11 bits per heavy atom. The Kier molecular flexibility index (Phi) is 8.15. The third-order valence-corrected chi connectivity index (χ3v) is 5.27. The quantitative estimate of drug-likeness (QED) is 0.574. The molecule has 1 atom stereocenters. The number of benzene rings is 2. The first-order valence-electron chi connectivity index (χ1n) is 9.03.